The van der Waals surface area contributed by atoms with E-state index in [0.717, 1.165) is 5.69 Å². The molecule has 8 heteroatoms. The van der Waals surface area contributed by atoms with Crippen molar-refractivity contribution in [2.45, 2.75) is 25.3 Å². The number of ether oxygens (including phenoxy) is 1. The molecule has 0 saturated heterocycles. The lowest BCUT2D eigenvalue weighted by molar-refractivity contribution is 0.102. The van der Waals surface area contributed by atoms with E-state index in [2.05, 4.69) is 15.0 Å². The van der Waals surface area contributed by atoms with Crippen molar-refractivity contribution in [2.75, 3.05) is 11.9 Å². The zero-order chi connectivity index (χ0) is 21.6. The Labute approximate surface area is 176 Å². The van der Waals surface area contributed by atoms with Gasteiger partial charge in [-0.2, -0.15) is 0 Å². The average molecular weight is 426 g/mol. The van der Waals surface area contributed by atoms with Gasteiger partial charge in [-0.05, 0) is 48.9 Å². The Hall–Kier alpha value is -3.23. The van der Waals surface area contributed by atoms with Gasteiger partial charge in [0.15, 0.2) is 0 Å². The standard InChI is InChI=1S/C22H23N3O4S/c1-3-24-30(27,28)20-11-10-16(2)21(14-20)22(26)25-17-8-6-9-19(13-17)29-15-18-7-4-5-12-23-18/h4-14,24H,3,15H2,1-2H3,(H,25,26). The number of anilines is 1. The third-order valence-corrected chi connectivity index (χ3v) is 5.85. The highest BCUT2D eigenvalue weighted by atomic mass is 32.2. The maximum atomic E-state index is 12.8. The van der Waals surface area contributed by atoms with Crippen LogP contribution in [0.15, 0.2) is 71.8 Å². The van der Waals surface area contributed by atoms with Crippen LogP contribution in [-0.4, -0.2) is 25.9 Å². The molecule has 0 aliphatic carbocycles. The molecule has 7 nitrogen and oxygen atoms in total. The first-order chi connectivity index (χ1) is 14.4. The second-order valence-electron chi connectivity index (χ2n) is 6.57. The molecular weight excluding hydrogens is 402 g/mol. The monoisotopic (exact) mass is 425 g/mol. The molecule has 0 atom stereocenters. The molecule has 2 aromatic carbocycles. The summed E-state index contributed by atoms with van der Waals surface area (Å²) in [5.41, 5.74) is 2.29. The van der Waals surface area contributed by atoms with Gasteiger partial charge in [-0.1, -0.05) is 25.1 Å². The maximum Gasteiger partial charge on any atom is 0.255 e. The number of aromatic nitrogens is 1. The van der Waals surface area contributed by atoms with Gasteiger partial charge >= 0.3 is 0 Å². The minimum absolute atomic E-state index is 0.0487. The molecule has 0 fully saturated rings. The largest absolute Gasteiger partial charge is 0.487 e. The molecule has 1 amide bonds. The van der Waals surface area contributed by atoms with Crippen LogP contribution in [-0.2, 0) is 16.6 Å². The highest BCUT2D eigenvalue weighted by molar-refractivity contribution is 7.89. The molecule has 0 aliphatic heterocycles. The molecule has 156 valence electrons. The summed E-state index contributed by atoms with van der Waals surface area (Å²) >= 11 is 0. The van der Waals surface area contributed by atoms with Crippen LogP contribution >= 0.6 is 0 Å². The molecule has 0 radical (unpaired) electrons. The first kappa shape index (κ1) is 21.5. The smallest absolute Gasteiger partial charge is 0.255 e. The number of hydrogen-bond donors (Lipinski definition) is 2. The number of aryl methyl sites for hydroxylation is 1. The van der Waals surface area contributed by atoms with Gasteiger partial charge in [0.05, 0.1) is 10.6 Å². The quantitative estimate of drug-likeness (QED) is 0.576. The lowest BCUT2D eigenvalue weighted by Crippen LogP contribution is -2.24. The molecule has 0 aliphatic rings. The van der Waals surface area contributed by atoms with Crippen LogP contribution < -0.4 is 14.8 Å². The van der Waals surface area contributed by atoms with Gasteiger partial charge in [0.2, 0.25) is 10.0 Å². The number of benzene rings is 2. The molecule has 3 rings (SSSR count). The number of rotatable bonds is 8. The Kier molecular flexibility index (Phi) is 6.81. The second kappa shape index (κ2) is 9.51. The average Bonchev–Trinajstić information content (AvgIpc) is 2.73. The van der Waals surface area contributed by atoms with Gasteiger partial charge in [0, 0.05) is 30.1 Å². The summed E-state index contributed by atoms with van der Waals surface area (Å²) in [4.78, 5) is 17.0. The van der Waals surface area contributed by atoms with Crippen molar-refractivity contribution in [3.05, 3.63) is 83.7 Å². The molecule has 2 N–H and O–H groups in total. The molecule has 0 bridgehead atoms. The first-order valence-corrected chi connectivity index (χ1v) is 10.9. The van der Waals surface area contributed by atoms with E-state index >= 15 is 0 Å². The highest BCUT2D eigenvalue weighted by Gasteiger charge is 2.17. The minimum atomic E-state index is -3.65. The van der Waals surface area contributed by atoms with E-state index in [-0.39, 0.29) is 17.0 Å². The maximum absolute atomic E-state index is 12.8. The van der Waals surface area contributed by atoms with Crippen LogP contribution in [0.4, 0.5) is 5.69 Å². The number of carbonyl (C=O) groups is 1. The van der Waals surface area contributed by atoms with Crippen molar-refractivity contribution in [3.8, 4) is 5.75 Å². The Morgan fingerprint density at radius 3 is 2.63 bits per heavy atom. The number of sulfonamides is 1. The molecule has 0 saturated carbocycles. The molecule has 1 heterocycles. The van der Waals surface area contributed by atoms with Crippen LogP contribution in [0.25, 0.3) is 0 Å². The highest BCUT2D eigenvalue weighted by Crippen LogP contribution is 2.21. The lowest BCUT2D eigenvalue weighted by atomic mass is 10.1. The summed E-state index contributed by atoms with van der Waals surface area (Å²) in [6, 6.07) is 17.1. The molecule has 30 heavy (non-hydrogen) atoms. The van der Waals surface area contributed by atoms with Crippen molar-refractivity contribution in [2.24, 2.45) is 0 Å². The number of pyridine rings is 1. The van der Waals surface area contributed by atoms with E-state index in [1.54, 1.807) is 50.4 Å². The van der Waals surface area contributed by atoms with Crippen LogP contribution in [0.1, 0.15) is 28.5 Å². The van der Waals surface area contributed by atoms with E-state index in [1.165, 1.54) is 12.1 Å². The molecule has 1 aromatic heterocycles. The van der Waals surface area contributed by atoms with Crippen molar-refractivity contribution >= 4 is 21.6 Å². The van der Waals surface area contributed by atoms with Crippen molar-refractivity contribution in [1.82, 2.24) is 9.71 Å². The number of carbonyl (C=O) groups excluding carboxylic acids is 1. The van der Waals surface area contributed by atoms with Gasteiger partial charge in [-0.15, -0.1) is 0 Å². The van der Waals surface area contributed by atoms with E-state index in [4.69, 9.17) is 4.74 Å². The SMILES string of the molecule is CCNS(=O)(=O)c1ccc(C)c(C(=O)Nc2cccc(OCc3ccccn3)c2)c1. The Morgan fingerprint density at radius 2 is 1.90 bits per heavy atom. The zero-order valence-corrected chi connectivity index (χ0v) is 17.6. The third kappa shape index (κ3) is 5.43. The van der Waals surface area contributed by atoms with Crippen molar-refractivity contribution < 1.29 is 17.9 Å². The Morgan fingerprint density at radius 1 is 1.07 bits per heavy atom. The minimum Gasteiger partial charge on any atom is -0.487 e. The fourth-order valence-electron chi connectivity index (χ4n) is 2.79. The van der Waals surface area contributed by atoms with Crippen LogP contribution in [0, 0.1) is 6.92 Å². The lowest BCUT2D eigenvalue weighted by Gasteiger charge is -2.12. The fraction of sp³-hybridized carbons (Fsp3) is 0.182. The summed E-state index contributed by atoms with van der Waals surface area (Å²) < 4.78 is 32.7. The van der Waals surface area contributed by atoms with Gasteiger partial charge < -0.3 is 10.1 Å². The number of nitrogens with one attached hydrogen (secondary N) is 2. The predicted octanol–water partition coefficient (Wildman–Crippen LogP) is 3.52. The van der Waals surface area contributed by atoms with Gasteiger partial charge in [0.1, 0.15) is 12.4 Å². The summed E-state index contributed by atoms with van der Waals surface area (Å²) in [5.74, 6) is 0.182. The van der Waals surface area contributed by atoms with Crippen LogP contribution in [0.5, 0.6) is 5.75 Å². The summed E-state index contributed by atoms with van der Waals surface area (Å²) in [6.07, 6.45) is 1.70. The van der Waals surface area contributed by atoms with E-state index in [1.807, 2.05) is 18.2 Å². The zero-order valence-electron chi connectivity index (χ0n) is 16.8. The normalized spacial score (nSPS) is 11.1. The van der Waals surface area contributed by atoms with Gasteiger partial charge in [-0.25, -0.2) is 13.1 Å². The summed E-state index contributed by atoms with van der Waals surface area (Å²) in [7, 11) is -3.65. The summed E-state index contributed by atoms with van der Waals surface area (Å²) in [5, 5.41) is 2.80. The molecular formula is C22H23N3O4S. The fourth-order valence-corrected chi connectivity index (χ4v) is 3.86. The van der Waals surface area contributed by atoms with Crippen LogP contribution in [0.3, 0.4) is 0 Å². The molecule has 0 spiro atoms. The van der Waals surface area contributed by atoms with E-state index in [0.29, 0.717) is 23.6 Å². The third-order valence-electron chi connectivity index (χ3n) is 4.30. The molecule has 0 unspecified atom stereocenters. The van der Waals surface area contributed by atoms with Crippen LogP contribution in [0.2, 0.25) is 0 Å². The number of nitrogens with zero attached hydrogens (tertiary/aromatic N) is 1. The number of hydrogen-bond acceptors (Lipinski definition) is 5. The molecule has 3 aromatic rings. The number of amides is 1. The van der Waals surface area contributed by atoms with Gasteiger partial charge in [-0.3, -0.25) is 9.78 Å². The second-order valence-corrected chi connectivity index (χ2v) is 8.34. The van der Waals surface area contributed by atoms with Crippen molar-refractivity contribution in [3.63, 3.8) is 0 Å². The topological polar surface area (TPSA) is 97.4 Å². The van der Waals surface area contributed by atoms with E-state index < -0.39 is 15.9 Å². The van der Waals surface area contributed by atoms with Gasteiger partial charge in [0.25, 0.3) is 5.91 Å². The Balaban J connectivity index is 1.74. The summed E-state index contributed by atoms with van der Waals surface area (Å²) in [6.45, 7) is 4.03. The predicted molar refractivity (Wildman–Crippen MR) is 115 cm³/mol. The van der Waals surface area contributed by atoms with Crippen molar-refractivity contribution in [1.29, 1.82) is 0 Å². The first-order valence-electron chi connectivity index (χ1n) is 9.43. The Bertz CT molecular complexity index is 1130. The van der Waals surface area contributed by atoms with E-state index in [9.17, 15) is 13.2 Å².